The fourth-order valence-electron chi connectivity index (χ4n) is 2.52. The van der Waals surface area contributed by atoms with Gasteiger partial charge in [0.2, 0.25) is 5.88 Å². The molecular formula is C14H19N3O4. The summed E-state index contributed by atoms with van der Waals surface area (Å²) in [6.07, 6.45) is 6.75. The Morgan fingerprint density at radius 3 is 2.86 bits per heavy atom. The van der Waals surface area contributed by atoms with E-state index in [9.17, 15) is 4.79 Å². The summed E-state index contributed by atoms with van der Waals surface area (Å²) in [6.45, 7) is 2.50. The molecule has 1 aromatic rings. The Kier molecular flexibility index (Phi) is 4.49. The molecule has 1 aromatic heterocycles. The Balaban J connectivity index is 1.46. The highest BCUT2D eigenvalue weighted by atomic mass is 16.6. The van der Waals surface area contributed by atoms with Crippen LogP contribution in [0, 0.1) is 0 Å². The first-order chi connectivity index (χ1) is 10.3. The Morgan fingerprint density at radius 1 is 1.24 bits per heavy atom. The maximum atomic E-state index is 12.1. The zero-order valence-electron chi connectivity index (χ0n) is 11.8. The topological polar surface area (TPSA) is 73.8 Å². The minimum absolute atomic E-state index is 0.0220. The van der Waals surface area contributed by atoms with Gasteiger partial charge in [-0.05, 0) is 0 Å². The molecule has 0 bridgehead atoms. The number of carbonyl (C=O) groups is 1. The molecule has 0 spiro atoms. The Morgan fingerprint density at radius 2 is 2.10 bits per heavy atom. The van der Waals surface area contributed by atoms with Crippen LogP contribution in [0.5, 0.6) is 5.88 Å². The summed E-state index contributed by atoms with van der Waals surface area (Å²) in [4.78, 5) is 21.8. The van der Waals surface area contributed by atoms with Crippen molar-refractivity contribution in [2.75, 3.05) is 26.3 Å². The number of rotatable bonds is 3. The molecule has 0 N–H and O–H groups in total. The molecule has 0 radical (unpaired) electrons. The number of aromatic nitrogens is 2. The monoisotopic (exact) mass is 293 g/mol. The van der Waals surface area contributed by atoms with E-state index < -0.39 is 0 Å². The van der Waals surface area contributed by atoms with Gasteiger partial charge in [0.15, 0.2) is 0 Å². The van der Waals surface area contributed by atoms with Gasteiger partial charge >= 0.3 is 6.09 Å². The number of hydrogen-bond donors (Lipinski definition) is 0. The number of ether oxygens (including phenoxy) is 3. The number of carbonyl (C=O) groups excluding carboxylic acids is 1. The summed E-state index contributed by atoms with van der Waals surface area (Å²) >= 11 is 0. The van der Waals surface area contributed by atoms with E-state index in [1.807, 2.05) is 0 Å². The number of nitrogens with zero attached hydrogens (tertiary/aromatic N) is 3. The molecule has 1 unspecified atom stereocenters. The van der Waals surface area contributed by atoms with Crippen molar-refractivity contribution < 1.29 is 19.0 Å². The summed E-state index contributed by atoms with van der Waals surface area (Å²) in [6, 6.07) is 0. The van der Waals surface area contributed by atoms with Crippen LogP contribution in [-0.2, 0) is 9.47 Å². The zero-order chi connectivity index (χ0) is 14.5. The van der Waals surface area contributed by atoms with Gasteiger partial charge in [-0.25, -0.2) is 9.78 Å². The summed E-state index contributed by atoms with van der Waals surface area (Å²) in [7, 11) is 0. The first-order valence-corrected chi connectivity index (χ1v) is 7.27. The van der Waals surface area contributed by atoms with Crippen LogP contribution in [0.25, 0.3) is 0 Å². The zero-order valence-corrected chi connectivity index (χ0v) is 11.8. The molecule has 2 saturated heterocycles. The third kappa shape index (κ3) is 3.81. The lowest BCUT2D eigenvalue weighted by atomic mass is 10.2. The molecule has 7 heteroatoms. The van der Waals surface area contributed by atoms with Gasteiger partial charge in [0.25, 0.3) is 0 Å². The summed E-state index contributed by atoms with van der Waals surface area (Å²) in [5.41, 5.74) is 0. The molecule has 2 fully saturated rings. The van der Waals surface area contributed by atoms with Crippen molar-refractivity contribution in [3.05, 3.63) is 18.6 Å². The van der Waals surface area contributed by atoms with E-state index in [0.717, 1.165) is 19.3 Å². The molecule has 0 aliphatic carbocycles. The van der Waals surface area contributed by atoms with Crippen LogP contribution in [0.4, 0.5) is 4.79 Å². The molecule has 3 rings (SSSR count). The van der Waals surface area contributed by atoms with Gasteiger partial charge < -0.3 is 19.1 Å². The van der Waals surface area contributed by atoms with Crippen molar-refractivity contribution >= 4 is 6.09 Å². The van der Waals surface area contributed by atoms with Crippen molar-refractivity contribution in [2.45, 2.75) is 31.5 Å². The summed E-state index contributed by atoms with van der Waals surface area (Å²) < 4.78 is 16.5. The minimum atomic E-state index is -0.257. The fourth-order valence-corrected chi connectivity index (χ4v) is 2.52. The standard InChI is InChI=1S/C14H19N3O4/c18-14(21-11-2-7-19-8-3-11)17-6-1-12(10-17)20-13-9-15-4-5-16-13/h4-5,9,11-12H,1-3,6-8,10H2. The van der Waals surface area contributed by atoms with Crippen LogP contribution < -0.4 is 4.74 Å². The lowest BCUT2D eigenvalue weighted by Gasteiger charge is -2.25. The van der Waals surface area contributed by atoms with E-state index in [4.69, 9.17) is 14.2 Å². The van der Waals surface area contributed by atoms with Gasteiger partial charge in [0, 0.05) is 38.2 Å². The number of likely N-dealkylation sites (tertiary alicyclic amines) is 1. The van der Waals surface area contributed by atoms with E-state index in [2.05, 4.69) is 9.97 Å². The lowest BCUT2D eigenvalue weighted by molar-refractivity contribution is -0.00898. The second-order valence-corrected chi connectivity index (χ2v) is 5.21. The highest BCUT2D eigenvalue weighted by Crippen LogP contribution is 2.18. The molecule has 7 nitrogen and oxygen atoms in total. The Bertz CT molecular complexity index is 465. The number of amides is 1. The van der Waals surface area contributed by atoms with Crippen LogP contribution in [0.2, 0.25) is 0 Å². The quantitative estimate of drug-likeness (QED) is 0.835. The molecule has 21 heavy (non-hydrogen) atoms. The second-order valence-electron chi connectivity index (χ2n) is 5.21. The van der Waals surface area contributed by atoms with Gasteiger partial charge in [-0.2, -0.15) is 0 Å². The SMILES string of the molecule is O=C(OC1CCOCC1)N1CCC(Oc2cnccn2)C1. The molecule has 2 aliphatic rings. The molecule has 114 valence electrons. The van der Waals surface area contributed by atoms with Crippen molar-refractivity contribution in [3.63, 3.8) is 0 Å². The van der Waals surface area contributed by atoms with Crippen LogP contribution in [-0.4, -0.2) is 59.5 Å². The van der Waals surface area contributed by atoms with Gasteiger partial charge in [-0.1, -0.05) is 0 Å². The average molecular weight is 293 g/mol. The van der Waals surface area contributed by atoms with E-state index in [-0.39, 0.29) is 18.3 Å². The van der Waals surface area contributed by atoms with Crippen LogP contribution >= 0.6 is 0 Å². The first-order valence-electron chi connectivity index (χ1n) is 7.27. The molecule has 2 aliphatic heterocycles. The third-order valence-electron chi connectivity index (χ3n) is 3.67. The molecule has 0 aromatic carbocycles. The van der Waals surface area contributed by atoms with Crippen molar-refractivity contribution in [1.29, 1.82) is 0 Å². The van der Waals surface area contributed by atoms with Crippen LogP contribution in [0.1, 0.15) is 19.3 Å². The van der Waals surface area contributed by atoms with E-state index in [1.54, 1.807) is 23.5 Å². The Labute approximate surface area is 123 Å². The van der Waals surface area contributed by atoms with E-state index in [0.29, 0.717) is 32.2 Å². The van der Waals surface area contributed by atoms with Gasteiger partial charge in [-0.15, -0.1) is 0 Å². The fraction of sp³-hybridized carbons (Fsp3) is 0.643. The minimum Gasteiger partial charge on any atom is -0.471 e. The summed E-state index contributed by atoms with van der Waals surface area (Å²) in [5, 5.41) is 0. The van der Waals surface area contributed by atoms with Crippen molar-refractivity contribution in [1.82, 2.24) is 14.9 Å². The molecule has 0 saturated carbocycles. The summed E-state index contributed by atoms with van der Waals surface area (Å²) in [5.74, 6) is 0.488. The predicted octanol–water partition coefficient (Wildman–Crippen LogP) is 1.25. The van der Waals surface area contributed by atoms with E-state index in [1.165, 1.54) is 0 Å². The molecular weight excluding hydrogens is 274 g/mol. The van der Waals surface area contributed by atoms with Gasteiger partial charge in [-0.3, -0.25) is 4.98 Å². The largest absolute Gasteiger partial charge is 0.471 e. The normalized spacial score (nSPS) is 23.0. The van der Waals surface area contributed by atoms with Crippen LogP contribution in [0.15, 0.2) is 18.6 Å². The molecule has 1 amide bonds. The lowest BCUT2D eigenvalue weighted by Crippen LogP contribution is -2.36. The average Bonchev–Trinajstić information content (AvgIpc) is 2.98. The highest BCUT2D eigenvalue weighted by molar-refractivity contribution is 5.68. The third-order valence-corrected chi connectivity index (χ3v) is 3.67. The van der Waals surface area contributed by atoms with Gasteiger partial charge in [0.05, 0.1) is 26.0 Å². The maximum Gasteiger partial charge on any atom is 0.410 e. The van der Waals surface area contributed by atoms with Crippen LogP contribution in [0.3, 0.4) is 0 Å². The van der Waals surface area contributed by atoms with Gasteiger partial charge in [0.1, 0.15) is 12.2 Å². The number of hydrogen-bond acceptors (Lipinski definition) is 6. The maximum absolute atomic E-state index is 12.1. The first kappa shape index (κ1) is 14.1. The molecule has 3 heterocycles. The molecule has 1 atom stereocenters. The second kappa shape index (κ2) is 6.71. The highest BCUT2D eigenvalue weighted by Gasteiger charge is 2.30. The van der Waals surface area contributed by atoms with E-state index >= 15 is 0 Å². The van der Waals surface area contributed by atoms with Crippen molar-refractivity contribution in [3.8, 4) is 5.88 Å². The smallest absolute Gasteiger partial charge is 0.410 e. The predicted molar refractivity (Wildman–Crippen MR) is 73.0 cm³/mol. The van der Waals surface area contributed by atoms with Crippen molar-refractivity contribution in [2.24, 2.45) is 0 Å². The Hall–Kier alpha value is -1.89.